The second kappa shape index (κ2) is 10.2. The number of nitrogens with zero attached hydrogens (tertiary/aromatic N) is 3. The highest BCUT2D eigenvalue weighted by Crippen LogP contribution is 2.29. The molecule has 0 aliphatic heterocycles. The Bertz CT molecular complexity index is 909. The first-order valence-corrected chi connectivity index (χ1v) is 9.67. The molecule has 0 atom stereocenters. The van der Waals surface area contributed by atoms with Gasteiger partial charge in [0.2, 0.25) is 0 Å². The maximum atomic E-state index is 12.6. The van der Waals surface area contributed by atoms with Gasteiger partial charge in [0.1, 0.15) is 10.0 Å². The van der Waals surface area contributed by atoms with Crippen molar-refractivity contribution in [2.24, 2.45) is 4.99 Å². The molecule has 0 fully saturated rings. The lowest BCUT2D eigenvalue weighted by Crippen LogP contribution is -2.36. The van der Waals surface area contributed by atoms with Crippen LogP contribution in [0.3, 0.4) is 0 Å². The summed E-state index contributed by atoms with van der Waals surface area (Å²) in [5.74, 6) is 0.466. The van der Waals surface area contributed by atoms with Gasteiger partial charge in [0.05, 0.1) is 18.8 Å². The molecule has 3 aromatic rings. The number of aliphatic imine (C=N–C) groups is 1. The van der Waals surface area contributed by atoms with E-state index in [1.807, 2.05) is 35.7 Å². The van der Waals surface area contributed by atoms with Gasteiger partial charge >= 0.3 is 6.18 Å². The van der Waals surface area contributed by atoms with Gasteiger partial charge in [-0.1, -0.05) is 30.3 Å². The number of guanidine groups is 1. The molecule has 0 amide bonds. The van der Waals surface area contributed by atoms with Crippen LogP contribution in [0.2, 0.25) is 0 Å². The molecular weight excluding hydrogens is 522 g/mol. The summed E-state index contributed by atoms with van der Waals surface area (Å²) in [7, 11) is 1.59. The van der Waals surface area contributed by atoms with Crippen LogP contribution in [0.1, 0.15) is 16.4 Å². The average molecular weight is 539 g/mol. The Balaban J connectivity index is 0.00000280. The highest BCUT2D eigenvalue weighted by atomic mass is 127. The Morgan fingerprint density at radius 2 is 1.75 bits per heavy atom. The van der Waals surface area contributed by atoms with Gasteiger partial charge in [-0.05, 0) is 0 Å². The topological polar surface area (TPSA) is 62.2 Å². The summed E-state index contributed by atoms with van der Waals surface area (Å²) in [6.45, 7) is 0.613. The van der Waals surface area contributed by atoms with E-state index in [1.54, 1.807) is 18.4 Å². The van der Waals surface area contributed by atoms with Crippen molar-refractivity contribution >= 4 is 52.6 Å². The number of hydrogen-bond acceptors (Lipinski definition) is 5. The fourth-order valence-corrected chi connectivity index (χ4v) is 3.74. The van der Waals surface area contributed by atoms with E-state index in [-0.39, 0.29) is 30.5 Å². The van der Waals surface area contributed by atoms with E-state index in [0.717, 1.165) is 33.0 Å². The lowest BCUT2D eigenvalue weighted by molar-refractivity contribution is -0.140. The van der Waals surface area contributed by atoms with Crippen molar-refractivity contribution in [3.8, 4) is 10.6 Å². The van der Waals surface area contributed by atoms with Crippen LogP contribution in [0, 0.1) is 0 Å². The molecule has 0 aliphatic rings. The first kappa shape index (κ1) is 22.6. The van der Waals surface area contributed by atoms with E-state index in [4.69, 9.17) is 0 Å². The van der Waals surface area contributed by atoms with Crippen LogP contribution in [0.15, 0.2) is 46.1 Å². The van der Waals surface area contributed by atoms with Crippen LogP contribution in [0.25, 0.3) is 10.6 Å². The molecule has 0 unspecified atom stereocenters. The Hall–Kier alpha value is -1.73. The van der Waals surface area contributed by atoms with Crippen LogP contribution in [-0.4, -0.2) is 23.0 Å². The molecule has 2 N–H and O–H groups in total. The highest BCUT2D eigenvalue weighted by Gasteiger charge is 2.33. The number of thiazole rings is 2. The van der Waals surface area contributed by atoms with Crippen molar-refractivity contribution < 1.29 is 13.2 Å². The number of hydrogen-bond donors (Lipinski definition) is 2. The maximum Gasteiger partial charge on any atom is 0.434 e. The average Bonchev–Trinajstić information content (AvgIpc) is 3.32. The second-order valence-corrected chi connectivity index (χ2v) is 7.21. The molecule has 2 heterocycles. The third kappa shape index (κ3) is 6.14. The number of rotatable bonds is 5. The zero-order valence-electron chi connectivity index (χ0n) is 14.7. The van der Waals surface area contributed by atoms with E-state index in [2.05, 4.69) is 25.6 Å². The van der Waals surface area contributed by atoms with E-state index < -0.39 is 11.9 Å². The molecule has 1 aromatic carbocycles. The van der Waals surface area contributed by atoms with Gasteiger partial charge in [-0.3, -0.25) is 4.99 Å². The molecule has 5 nitrogen and oxygen atoms in total. The molecule has 0 saturated heterocycles. The fourth-order valence-electron chi connectivity index (χ4n) is 2.18. The van der Waals surface area contributed by atoms with Gasteiger partial charge < -0.3 is 10.6 Å². The lowest BCUT2D eigenvalue weighted by atomic mass is 10.2. The largest absolute Gasteiger partial charge is 0.434 e. The monoisotopic (exact) mass is 539 g/mol. The Morgan fingerprint density at radius 1 is 1.04 bits per heavy atom. The molecule has 0 spiro atoms. The molecule has 0 bridgehead atoms. The van der Waals surface area contributed by atoms with Gasteiger partial charge in [0, 0.05) is 23.4 Å². The summed E-state index contributed by atoms with van der Waals surface area (Å²) in [6, 6.07) is 9.88. The second-order valence-electron chi connectivity index (χ2n) is 5.41. The number of halogens is 4. The van der Waals surface area contributed by atoms with Gasteiger partial charge in [0.15, 0.2) is 11.7 Å². The number of aromatic nitrogens is 2. The van der Waals surface area contributed by atoms with Gasteiger partial charge in [-0.25, -0.2) is 9.97 Å². The molecule has 0 saturated carbocycles. The number of alkyl halides is 3. The fraction of sp³-hybridized carbons (Fsp3) is 0.235. The Kier molecular flexibility index (Phi) is 8.19. The number of nitrogens with one attached hydrogen (secondary N) is 2. The minimum absolute atomic E-state index is 0. The Morgan fingerprint density at radius 3 is 2.39 bits per heavy atom. The van der Waals surface area contributed by atoms with Crippen molar-refractivity contribution in [1.29, 1.82) is 0 Å². The molecular formula is C17H17F3IN5S2. The van der Waals surface area contributed by atoms with Gasteiger partial charge in [0.25, 0.3) is 0 Å². The molecule has 0 radical (unpaired) electrons. The highest BCUT2D eigenvalue weighted by molar-refractivity contribution is 14.0. The summed E-state index contributed by atoms with van der Waals surface area (Å²) in [6.07, 6.45) is -4.42. The van der Waals surface area contributed by atoms with Gasteiger partial charge in [-0.2, -0.15) is 13.2 Å². The first-order valence-electron chi connectivity index (χ1n) is 7.91. The zero-order valence-corrected chi connectivity index (χ0v) is 18.6. The predicted molar refractivity (Wildman–Crippen MR) is 117 cm³/mol. The van der Waals surface area contributed by atoms with Crippen molar-refractivity contribution in [3.05, 3.63) is 57.5 Å². The summed E-state index contributed by atoms with van der Waals surface area (Å²) in [5, 5.41) is 10.3. The first-order chi connectivity index (χ1) is 13.0. The van der Waals surface area contributed by atoms with Crippen molar-refractivity contribution in [2.45, 2.75) is 19.3 Å². The van der Waals surface area contributed by atoms with Crippen LogP contribution in [0.4, 0.5) is 13.2 Å². The van der Waals surface area contributed by atoms with Crippen molar-refractivity contribution in [1.82, 2.24) is 20.6 Å². The molecule has 2 aromatic heterocycles. The SMILES string of the molecule is CN=C(NCc1csc(-c2ccccc2)n1)NCc1nc(C(F)(F)F)cs1.I. The maximum absolute atomic E-state index is 12.6. The summed E-state index contributed by atoms with van der Waals surface area (Å²) in [5.41, 5.74) is 1.04. The van der Waals surface area contributed by atoms with Gasteiger partial charge in [-0.15, -0.1) is 46.7 Å². The normalized spacial score (nSPS) is 11.8. The van der Waals surface area contributed by atoms with Crippen molar-refractivity contribution in [3.63, 3.8) is 0 Å². The summed E-state index contributed by atoms with van der Waals surface area (Å²) < 4.78 is 37.7. The summed E-state index contributed by atoms with van der Waals surface area (Å²) >= 11 is 2.51. The van der Waals surface area contributed by atoms with E-state index >= 15 is 0 Å². The summed E-state index contributed by atoms with van der Waals surface area (Å²) in [4.78, 5) is 12.2. The quantitative estimate of drug-likeness (QED) is 0.279. The minimum Gasteiger partial charge on any atom is -0.351 e. The van der Waals surface area contributed by atoms with Crippen LogP contribution in [-0.2, 0) is 19.3 Å². The third-order valence-corrected chi connectivity index (χ3v) is 5.27. The number of benzene rings is 1. The zero-order chi connectivity index (χ0) is 19.3. The molecule has 11 heteroatoms. The van der Waals surface area contributed by atoms with E-state index in [0.29, 0.717) is 17.5 Å². The molecule has 28 heavy (non-hydrogen) atoms. The van der Waals surface area contributed by atoms with E-state index in [9.17, 15) is 13.2 Å². The smallest absolute Gasteiger partial charge is 0.351 e. The Labute approximate surface area is 185 Å². The van der Waals surface area contributed by atoms with E-state index in [1.165, 1.54) is 0 Å². The van der Waals surface area contributed by atoms with Crippen LogP contribution >= 0.6 is 46.7 Å². The van der Waals surface area contributed by atoms with Crippen LogP contribution in [0.5, 0.6) is 0 Å². The minimum atomic E-state index is -4.42. The standard InChI is InChI=1S/C17H16F3N5S2.HI/c1-21-16(23-8-14-25-13(10-26-14)17(18,19)20)22-7-12-9-27-15(24-12)11-5-3-2-4-6-11;/h2-6,9-10H,7-8H2,1H3,(H2,21,22,23);1H. The third-order valence-electron chi connectivity index (χ3n) is 3.48. The molecule has 150 valence electrons. The molecule has 0 aliphatic carbocycles. The predicted octanol–water partition coefficient (Wildman–Crippen LogP) is 4.77. The molecule has 3 rings (SSSR count). The van der Waals surface area contributed by atoms with Crippen molar-refractivity contribution in [2.75, 3.05) is 7.05 Å². The lowest BCUT2D eigenvalue weighted by Gasteiger charge is -2.09. The van der Waals surface area contributed by atoms with Crippen LogP contribution < -0.4 is 10.6 Å².